The standard InChI is InChI=1S/C35H85B41/c1-2-11(36)3(5-14(39)7-9(18(43)16(5)41)22(32(65,66)67,33(68,69)70)26(49,50)24(45,46)20(7,28(53,54)55)29(56,57)58)13(38)4(12(2)37)6-15(40)8-10(19(44)17(6)42)23(34(71,72)73,35(74,75)76)27(51,52)25(47,48)21(8,30(59,60)61)31(62,63)64/h36-76H2,1H3. The van der Waals surface area contributed by atoms with Gasteiger partial charge < -0.3 is 0 Å². The molecule has 3 aromatic carbocycles. The highest BCUT2D eigenvalue weighted by molar-refractivity contribution is 6.76. The van der Waals surface area contributed by atoms with E-state index in [0.717, 1.165) is 0 Å². The molecule has 2 aliphatic rings. The van der Waals surface area contributed by atoms with Crippen LogP contribution >= 0.6 is 0 Å². The molecule has 76 heavy (non-hydrogen) atoms. The Balaban J connectivity index is 2.31. The minimum absolute atomic E-state index is 0.0661. The fourth-order valence-corrected chi connectivity index (χ4v) is 25.2. The first-order chi connectivity index (χ1) is 33.1. The van der Waals surface area contributed by atoms with E-state index in [1.165, 1.54) is 77.0 Å². The molecular formula is C35H85B41. The summed E-state index contributed by atoms with van der Waals surface area (Å²) in [5.74, 6) is 0. The molecule has 5 rings (SSSR count). The zero-order valence-corrected chi connectivity index (χ0v) is 59.0. The van der Waals surface area contributed by atoms with E-state index in [2.05, 4.69) is 329 Å². The lowest BCUT2D eigenvalue weighted by Gasteiger charge is -2.81. The molecule has 0 fully saturated rings. The number of hydrogen-bond donors (Lipinski definition) is 0. The Bertz CT molecular complexity index is 2670. The summed E-state index contributed by atoms with van der Waals surface area (Å²) < 4.78 is 0. The lowest BCUT2D eigenvalue weighted by Crippen LogP contribution is -2.77. The average Bonchev–Trinajstić information content (AvgIpc) is 3.14. The Morgan fingerprint density at radius 3 is 0.513 bits per heavy atom. The van der Waals surface area contributed by atoms with Crippen LogP contribution < -0.4 is 49.2 Å². The van der Waals surface area contributed by atoms with Crippen LogP contribution in [0, 0.1) is 6.92 Å². The summed E-state index contributed by atoms with van der Waals surface area (Å²) in [6.07, 6.45) is 0. The van der Waals surface area contributed by atoms with Gasteiger partial charge in [0.25, 0.3) is 0 Å². The largest absolute Gasteiger partial charge is 0.140 e. The summed E-state index contributed by atoms with van der Waals surface area (Å²) in [6, 6.07) is 0. The third-order valence-corrected chi connectivity index (χ3v) is 25.1. The maximum atomic E-state index is 2.70. The van der Waals surface area contributed by atoms with Crippen LogP contribution in [-0.2, 0) is 21.7 Å². The second-order valence-electron chi connectivity index (χ2n) is 36.8. The van der Waals surface area contributed by atoms with E-state index in [1.54, 1.807) is 22.3 Å². The van der Waals surface area contributed by atoms with Crippen molar-refractivity contribution < 1.29 is 0 Å². The van der Waals surface area contributed by atoms with Crippen molar-refractivity contribution in [1.82, 2.24) is 0 Å². The molecule has 0 saturated carbocycles. The summed E-state index contributed by atoms with van der Waals surface area (Å²) in [5, 5.41) is -1.17. The van der Waals surface area contributed by atoms with Gasteiger partial charge in [-0.25, -0.2) is 0 Å². The van der Waals surface area contributed by atoms with Gasteiger partial charge in [0, 0.05) is 0 Å². The molecule has 2 aliphatic carbocycles. The van der Waals surface area contributed by atoms with E-state index in [-0.39, 0.29) is 83.4 Å². The van der Waals surface area contributed by atoms with Crippen LogP contribution in [0.15, 0.2) is 0 Å². The molecule has 3 aromatic rings. The van der Waals surface area contributed by atoms with Gasteiger partial charge in [-0.05, 0) is 73.1 Å². The molecule has 0 unspecified atom stereocenters. The Hall–Kier alpha value is 0.322. The molecule has 348 valence electrons. The van der Waals surface area contributed by atoms with Crippen LogP contribution in [0.25, 0.3) is 22.3 Å². The minimum atomic E-state index is -0.229. The summed E-state index contributed by atoms with van der Waals surface area (Å²) >= 11 is 0. The van der Waals surface area contributed by atoms with Crippen LogP contribution in [0.2, 0.25) is 61.8 Å². The average molecular weight is 949 g/mol. The van der Waals surface area contributed by atoms with Crippen molar-refractivity contribution in [2.75, 3.05) is 0 Å². The van der Waals surface area contributed by atoms with Crippen molar-refractivity contribution >= 4 is 371 Å². The third-order valence-electron chi connectivity index (χ3n) is 25.1. The topological polar surface area (TPSA) is 0 Å². The normalized spacial score (nSPS) is 20.5. The Labute approximate surface area is 507 Å². The van der Waals surface area contributed by atoms with Crippen LogP contribution in [0.5, 0.6) is 0 Å². The molecule has 41 heteroatoms. The van der Waals surface area contributed by atoms with Gasteiger partial charge in [0.15, 0.2) is 0 Å². The molecular weight excluding hydrogens is 864 g/mol. The molecule has 0 saturated heterocycles. The summed E-state index contributed by atoms with van der Waals surface area (Å²) in [6.45, 7) is 2.46. The number of rotatable bonds is 10. The summed E-state index contributed by atoms with van der Waals surface area (Å²) in [5.41, 5.74) is 26.3. The van der Waals surface area contributed by atoms with Crippen molar-refractivity contribution in [2.45, 2.75) is 90.3 Å². The monoisotopic (exact) mass is 957 g/mol. The Kier molecular flexibility index (Phi) is 16.3. The molecule has 0 heterocycles. The molecule has 0 aliphatic heterocycles. The highest BCUT2D eigenvalue weighted by Crippen LogP contribution is 2.84. The second-order valence-corrected chi connectivity index (χ2v) is 36.8. The molecule has 0 nitrogen and oxygen atoms in total. The predicted molar refractivity (Wildman–Crippen MR) is 468 cm³/mol. The zero-order valence-electron chi connectivity index (χ0n) is 59.0. The molecule has 0 spiro atoms. The number of fused-ring (bicyclic) bond motifs is 2. The highest BCUT2D eigenvalue weighted by atomic mass is 14.7. The van der Waals surface area contributed by atoms with Gasteiger partial charge in [-0.1, -0.05) is 75.6 Å². The van der Waals surface area contributed by atoms with Crippen molar-refractivity contribution in [3.8, 4) is 22.3 Å². The van der Waals surface area contributed by atoms with E-state index >= 15 is 0 Å². The number of hydrogen-bond acceptors (Lipinski definition) is 0. The Morgan fingerprint density at radius 1 is 0.211 bits per heavy atom. The van der Waals surface area contributed by atoms with Gasteiger partial charge in [-0.2, -0.15) is 0 Å². The van der Waals surface area contributed by atoms with Crippen LogP contribution in [-0.4, -0.2) is 322 Å². The fourth-order valence-electron chi connectivity index (χ4n) is 25.2. The van der Waals surface area contributed by atoms with E-state index < -0.39 is 0 Å². The first-order valence-electron chi connectivity index (χ1n) is 30.5. The van der Waals surface area contributed by atoms with Crippen molar-refractivity contribution in [1.29, 1.82) is 0 Å². The van der Waals surface area contributed by atoms with Gasteiger partial charge in [-0.3, -0.25) is 0 Å². The minimum Gasteiger partial charge on any atom is -0.104 e. The molecule has 0 aromatic heterocycles. The molecule has 0 N–H and O–H groups in total. The van der Waals surface area contributed by atoms with E-state index in [4.69, 9.17) is 0 Å². The van der Waals surface area contributed by atoms with Crippen molar-refractivity contribution in [3.63, 3.8) is 0 Å². The number of benzene rings is 3. The summed E-state index contributed by atoms with van der Waals surface area (Å²) in [7, 11) is 106. The van der Waals surface area contributed by atoms with Gasteiger partial charge in [0.1, 0.15) is 70.6 Å². The molecule has 0 bridgehead atoms. The maximum absolute atomic E-state index is 2.70. The van der Waals surface area contributed by atoms with Crippen LogP contribution in [0.4, 0.5) is 0 Å². The third kappa shape index (κ3) is 7.53. The van der Waals surface area contributed by atoms with E-state index in [1.807, 2.05) is 0 Å². The van der Waals surface area contributed by atoms with Crippen molar-refractivity contribution in [2.24, 2.45) is 0 Å². The predicted octanol–water partition coefficient (Wildman–Crippen LogP) is -38.1. The molecule has 0 atom stereocenters. The smallest absolute Gasteiger partial charge is 0.104 e. The Morgan fingerprint density at radius 2 is 0.355 bits per heavy atom. The second kappa shape index (κ2) is 18.4. The van der Waals surface area contributed by atoms with E-state index in [0.29, 0.717) is 0 Å². The van der Waals surface area contributed by atoms with Crippen LogP contribution in [0.1, 0.15) is 27.8 Å². The van der Waals surface area contributed by atoms with Crippen molar-refractivity contribution in [3.05, 3.63) is 27.8 Å². The van der Waals surface area contributed by atoms with Gasteiger partial charge in [0.2, 0.25) is 0 Å². The van der Waals surface area contributed by atoms with Gasteiger partial charge >= 0.3 is 0 Å². The van der Waals surface area contributed by atoms with Gasteiger partial charge in [0.05, 0.1) is 251 Å². The maximum Gasteiger partial charge on any atom is 0.140 e. The first kappa shape index (κ1) is 67.1. The first-order valence-corrected chi connectivity index (χ1v) is 30.5. The van der Waals surface area contributed by atoms with Gasteiger partial charge in [-0.15, -0.1) is 40.9 Å². The SMILES string of the molecule is Bc1c(B)c2c(c(B)c1-c1c(B)c(C)c(B)c(-c3c(B)c(B)c4c(c3B)C(C(B)(B)B)(C(B)(B)B)C(B)(B)C(B)(B)C4(C(B)(B)B)C(B)(B)B)c1B)C(C(B)(B)B)(C(B)(B)B)C(B)(B)C(B)(B)C2(C(B)(B)B)C(B)(B)B. The lowest BCUT2D eigenvalue weighted by molar-refractivity contribution is 0.215. The quantitative estimate of drug-likeness (QED) is 0.178. The zero-order chi connectivity index (χ0) is 60.4. The van der Waals surface area contributed by atoms with Crippen LogP contribution in [0.3, 0.4) is 0 Å². The van der Waals surface area contributed by atoms with E-state index in [9.17, 15) is 0 Å². The highest BCUT2D eigenvalue weighted by Gasteiger charge is 2.76. The molecule has 0 amide bonds. The lowest BCUT2D eigenvalue weighted by atomic mass is 8.98. The molecule has 0 radical (unpaired) electrons. The summed E-state index contributed by atoms with van der Waals surface area (Å²) in [4.78, 5) is 0. The fraction of sp³-hybridized carbons (Fsp3) is 0.486.